The van der Waals surface area contributed by atoms with Crippen molar-refractivity contribution in [1.29, 1.82) is 0 Å². The zero-order chi connectivity index (χ0) is 13.7. The summed E-state index contributed by atoms with van der Waals surface area (Å²) in [6.07, 6.45) is 1.89. The van der Waals surface area contributed by atoms with Crippen molar-refractivity contribution in [2.75, 3.05) is 19.3 Å². The molecule has 0 saturated carbocycles. The molecule has 100 valence electrons. The first kappa shape index (κ1) is 16.7. The predicted molar refractivity (Wildman–Crippen MR) is 64.7 cm³/mol. The van der Waals surface area contributed by atoms with E-state index in [1.54, 1.807) is 0 Å². The number of nitrogens with zero attached hydrogens (tertiary/aromatic N) is 1. The molecule has 0 saturated heterocycles. The average Bonchev–Trinajstić information content (AvgIpc) is 2.11. The second-order valence-corrected chi connectivity index (χ2v) is 6.92. The molecule has 1 unspecified atom stereocenters. The van der Waals surface area contributed by atoms with E-state index in [1.165, 1.54) is 17.1 Å². The van der Waals surface area contributed by atoms with Crippen molar-refractivity contribution in [2.24, 2.45) is 0 Å². The highest BCUT2D eigenvalue weighted by Gasteiger charge is 2.38. The number of rotatable bonds is 8. The molecule has 0 aromatic rings. The largest absolute Gasteiger partial charge is 0.343 e. The standard InChI is InChI=1S/C8H17NO6P2/c1-3-5-9(6-4-2)8(17(13,14)15)7-16(10,11)12/h3-4,8H,1-2,5-7H2,(H2,10,11,12)(H2,13,14,15). The first-order valence-corrected chi connectivity index (χ1v) is 8.15. The normalized spacial score (nSPS) is 14.6. The van der Waals surface area contributed by atoms with E-state index in [1.807, 2.05) is 0 Å². The van der Waals surface area contributed by atoms with Crippen LogP contribution >= 0.6 is 15.2 Å². The Bertz CT molecular complexity index is 349. The Hall–Kier alpha value is -0.260. The lowest BCUT2D eigenvalue weighted by Gasteiger charge is -2.30. The molecule has 0 bridgehead atoms. The van der Waals surface area contributed by atoms with Gasteiger partial charge in [-0.05, 0) is 0 Å². The summed E-state index contributed by atoms with van der Waals surface area (Å²) in [5.74, 6) is -1.54. The van der Waals surface area contributed by atoms with E-state index < -0.39 is 27.1 Å². The Morgan fingerprint density at radius 3 is 1.71 bits per heavy atom. The molecule has 7 nitrogen and oxygen atoms in total. The van der Waals surface area contributed by atoms with Crippen LogP contribution in [-0.2, 0) is 9.13 Å². The summed E-state index contributed by atoms with van der Waals surface area (Å²) in [5, 5.41) is 0. The van der Waals surface area contributed by atoms with Crippen molar-refractivity contribution in [2.45, 2.75) is 5.78 Å². The van der Waals surface area contributed by atoms with Gasteiger partial charge in [-0.2, -0.15) is 0 Å². The monoisotopic (exact) mass is 285 g/mol. The van der Waals surface area contributed by atoms with Gasteiger partial charge in [-0.25, -0.2) is 0 Å². The predicted octanol–water partition coefficient (Wildman–Crippen LogP) is 0.342. The van der Waals surface area contributed by atoms with Crippen LogP contribution in [0.1, 0.15) is 0 Å². The van der Waals surface area contributed by atoms with E-state index in [0.717, 1.165) is 0 Å². The fraction of sp³-hybridized carbons (Fsp3) is 0.500. The van der Waals surface area contributed by atoms with Crippen LogP contribution in [0.2, 0.25) is 0 Å². The number of hydrogen-bond donors (Lipinski definition) is 4. The lowest BCUT2D eigenvalue weighted by molar-refractivity contribution is 0.252. The smallest absolute Gasteiger partial charge is 0.324 e. The van der Waals surface area contributed by atoms with Crippen LogP contribution in [0.5, 0.6) is 0 Å². The van der Waals surface area contributed by atoms with E-state index in [9.17, 15) is 9.13 Å². The van der Waals surface area contributed by atoms with Crippen molar-refractivity contribution < 1.29 is 28.7 Å². The first-order chi connectivity index (χ1) is 7.61. The Kier molecular flexibility index (Phi) is 6.51. The fourth-order valence-corrected chi connectivity index (χ4v) is 4.06. The average molecular weight is 285 g/mol. The van der Waals surface area contributed by atoms with Crippen molar-refractivity contribution in [1.82, 2.24) is 4.90 Å². The highest BCUT2D eigenvalue weighted by Crippen LogP contribution is 2.50. The summed E-state index contributed by atoms with van der Waals surface area (Å²) < 4.78 is 22.1. The van der Waals surface area contributed by atoms with Crippen LogP contribution in [0.25, 0.3) is 0 Å². The van der Waals surface area contributed by atoms with Gasteiger partial charge in [-0.3, -0.25) is 14.0 Å². The van der Waals surface area contributed by atoms with Crippen LogP contribution in [0, 0.1) is 0 Å². The Morgan fingerprint density at radius 2 is 1.47 bits per heavy atom. The second-order valence-electron chi connectivity index (χ2n) is 3.45. The third-order valence-corrected chi connectivity index (χ3v) is 4.33. The first-order valence-electron chi connectivity index (χ1n) is 4.67. The van der Waals surface area contributed by atoms with Crippen LogP contribution in [0.4, 0.5) is 0 Å². The molecule has 0 aliphatic rings. The van der Waals surface area contributed by atoms with Gasteiger partial charge in [0.2, 0.25) is 0 Å². The minimum atomic E-state index is -4.65. The van der Waals surface area contributed by atoms with Gasteiger partial charge in [0.05, 0.1) is 6.16 Å². The van der Waals surface area contributed by atoms with E-state index in [4.69, 9.17) is 19.6 Å². The van der Waals surface area contributed by atoms with Crippen molar-refractivity contribution in [3.05, 3.63) is 25.3 Å². The molecule has 0 amide bonds. The molecular formula is C8H17NO6P2. The lowest BCUT2D eigenvalue weighted by Crippen LogP contribution is -2.38. The van der Waals surface area contributed by atoms with Gasteiger partial charge in [0.15, 0.2) is 0 Å². The van der Waals surface area contributed by atoms with Gasteiger partial charge in [0.25, 0.3) is 0 Å². The minimum absolute atomic E-state index is 0.0990. The maximum Gasteiger partial charge on any atom is 0.343 e. The van der Waals surface area contributed by atoms with E-state index in [-0.39, 0.29) is 13.1 Å². The van der Waals surface area contributed by atoms with Gasteiger partial charge in [-0.1, -0.05) is 12.2 Å². The molecule has 0 fully saturated rings. The number of hydrogen-bond acceptors (Lipinski definition) is 3. The Morgan fingerprint density at radius 1 is 1.06 bits per heavy atom. The summed E-state index contributed by atoms with van der Waals surface area (Å²) in [6, 6.07) is 0. The second kappa shape index (κ2) is 6.61. The summed E-state index contributed by atoms with van der Waals surface area (Å²) in [5.41, 5.74) is 0. The Labute approximate surface area is 99.8 Å². The van der Waals surface area contributed by atoms with Gasteiger partial charge in [0, 0.05) is 13.1 Å². The fourth-order valence-electron chi connectivity index (χ4n) is 1.30. The SMILES string of the molecule is C=CCN(CC=C)C(CP(=O)(O)O)P(=O)(O)O. The topological polar surface area (TPSA) is 118 Å². The summed E-state index contributed by atoms with van der Waals surface area (Å²) >= 11 is 0. The molecule has 0 rings (SSSR count). The molecule has 0 aliphatic heterocycles. The van der Waals surface area contributed by atoms with Crippen LogP contribution in [0.3, 0.4) is 0 Å². The van der Waals surface area contributed by atoms with Gasteiger partial charge < -0.3 is 19.6 Å². The zero-order valence-corrected chi connectivity index (χ0v) is 11.0. The van der Waals surface area contributed by atoms with E-state index >= 15 is 0 Å². The van der Waals surface area contributed by atoms with Crippen molar-refractivity contribution >= 4 is 15.2 Å². The molecule has 0 radical (unpaired) electrons. The molecule has 0 aromatic carbocycles. The zero-order valence-electron chi connectivity index (χ0n) is 9.21. The molecule has 4 N–H and O–H groups in total. The summed E-state index contributed by atoms with van der Waals surface area (Å²) in [4.78, 5) is 37.1. The molecule has 17 heavy (non-hydrogen) atoms. The van der Waals surface area contributed by atoms with Crippen molar-refractivity contribution in [3.8, 4) is 0 Å². The minimum Gasteiger partial charge on any atom is -0.324 e. The summed E-state index contributed by atoms with van der Waals surface area (Å²) in [6.45, 7) is 7.04. The third-order valence-electron chi connectivity index (χ3n) is 1.94. The highest BCUT2D eigenvalue weighted by atomic mass is 31.2. The molecule has 0 aromatic heterocycles. The van der Waals surface area contributed by atoms with Crippen LogP contribution < -0.4 is 0 Å². The van der Waals surface area contributed by atoms with Crippen molar-refractivity contribution in [3.63, 3.8) is 0 Å². The lowest BCUT2D eigenvalue weighted by atomic mass is 10.4. The molecule has 0 spiro atoms. The van der Waals surface area contributed by atoms with Gasteiger partial charge in [0.1, 0.15) is 5.78 Å². The Balaban J connectivity index is 5.12. The van der Waals surface area contributed by atoms with E-state index in [0.29, 0.717) is 0 Å². The molecular weight excluding hydrogens is 268 g/mol. The van der Waals surface area contributed by atoms with Gasteiger partial charge in [-0.15, -0.1) is 13.2 Å². The van der Waals surface area contributed by atoms with Crippen LogP contribution in [0.15, 0.2) is 25.3 Å². The summed E-state index contributed by atoms with van der Waals surface area (Å²) in [7, 11) is -9.17. The quantitative estimate of drug-likeness (QED) is 0.375. The van der Waals surface area contributed by atoms with E-state index in [2.05, 4.69) is 13.2 Å². The highest BCUT2D eigenvalue weighted by molar-refractivity contribution is 7.56. The van der Waals surface area contributed by atoms with Crippen LogP contribution in [-0.4, -0.2) is 49.5 Å². The van der Waals surface area contributed by atoms with Gasteiger partial charge >= 0.3 is 15.2 Å². The third kappa shape index (κ3) is 6.91. The molecule has 0 heterocycles. The molecule has 9 heteroatoms. The maximum atomic E-state index is 11.2. The maximum absolute atomic E-state index is 11.2. The molecule has 0 aliphatic carbocycles. The molecule has 1 atom stereocenters.